The van der Waals surface area contributed by atoms with Crippen molar-refractivity contribution in [2.24, 2.45) is 5.92 Å². The van der Waals surface area contributed by atoms with Gasteiger partial charge < -0.3 is 4.74 Å². The van der Waals surface area contributed by atoms with Crippen LogP contribution < -0.4 is 0 Å². The van der Waals surface area contributed by atoms with Gasteiger partial charge in [-0.05, 0) is 12.3 Å². The summed E-state index contributed by atoms with van der Waals surface area (Å²) in [6.45, 7) is 4.93. The zero-order valence-electron chi connectivity index (χ0n) is 8.51. The van der Waals surface area contributed by atoms with E-state index in [-0.39, 0.29) is 0 Å². The third kappa shape index (κ3) is 11.8. The van der Waals surface area contributed by atoms with Gasteiger partial charge in [0.2, 0.25) is 0 Å². The highest BCUT2D eigenvalue weighted by atomic mass is 35.5. The Morgan fingerprint density at radius 3 is 2.38 bits per heavy atom. The predicted octanol–water partition coefficient (Wildman–Crippen LogP) is 3.97. The number of ether oxygens (including phenoxy) is 1. The highest BCUT2D eigenvalue weighted by Crippen LogP contribution is 2.09. The summed E-state index contributed by atoms with van der Waals surface area (Å²) in [6, 6.07) is 0. The molecule has 0 aromatic rings. The molecule has 2 nitrogen and oxygen atoms in total. The summed E-state index contributed by atoms with van der Waals surface area (Å²) >= 11 is 5.00. The largest absolute Gasteiger partial charge is 0.454 e. The molecule has 0 aromatic heterocycles. The van der Waals surface area contributed by atoms with Crippen LogP contribution in [0.2, 0.25) is 0 Å². The minimum absolute atomic E-state index is 0.462. The summed E-state index contributed by atoms with van der Waals surface area (Å²) in [5, 5.41) is 0. The fourth-order valence-electron chi connectivity index (χ4n) is 1.16. The highest BCUT2D eigenvalue weighted by molar-refractivity contribution is 6.61. The van der Waals surface area contributed by atoms with E-state index in [1.54, 1.807) is 0 Å². The van der Waals surface area contributed by atoms with Crippen LogP contribution in [0.15, 0.2) is 0 Å². The summed E-state index contributed by atoms with van der Waals surface area (Å²) in [5.41, 5.74) is -0.692. The molecule has 0 aliphatic heterocycles. The molecule has 0 N–H and O–H groups in total. The first-order chi connectivity index (χ1) is 6.13. The molecular formula is C10H19ClO2. The average molecular weight is 207 g/mol. The van der Waals surface area contributed by atoms with Crippen LogP contribution in [0.25, 0.3) is 0 Å². The fourth-order valence-corrected chi connectivity index (χ4v) is 1.24. The second-order valence-corrected chi connectivity index (χ2v) is 3.99. The van der Waals surface area contributed by atoms with E-state index in [0.29, 0.717) is 6.61 Å². The number of rotatable bonds is 7. The van der Waals surface area contributed by atoms with Crippen molar-refractivity contribution in [1.29, 1.82) is 0 Å². The molecule has 0 fully saturated rings. The van der Waals surface area contributed by atoms with E-state index in [1.807, 2.05) is 0 Å². The standard InChI is InChI=1S/C10H19ClO2/c1-9(2)7-5-3-4-6-8-13-10(11)12/h9H,3-8H2,1-2H3. The van der Waals surface area contributed by atoms with Gasteiger partial charge in [0.05, 0.1) is 6.61 Å². The van der Waals surface area contributed by atoms with Crippen molar-refractivity contribution in [3.05, 3.63) is 0 Å². The molecule has 0 aromatic carbocycles. The average Bonchev–Trinajstić information content (AvgIpc) is 2.01. The monoisotopic (exact) mass is 206 g/mol. The smallest absolute Gasteiger partial charge is 0.403 e. The molecule has 0 saturated carbocycles. The molecule has 0 rings (SSSR count). The quantitative estimate of drug-likeness (QED) is 0.466. The SMILES string of the molecule is CC(C)CCCCCCOC(=O)Cl. The van der Waals surface area contributed by atoms with Gasteiger partial charge in [0, 0.05) is 11.6 Å². The number of halogens is 1. The third-order valence-electron chi connectivity index (χ3n) is 1.89. The van der Waals surface area contributed by atoms with Crippen molar-refractivity contribution in [2.75, 3.05) is 6.61 Å². The minimum Gasteiger partial charge on any atom is -0.454 e. The molecule has 0 spiro atoms. The van der Waals surface area contributed by atoms with Crippen LogP contribution >= 0.6 is 11.6 Å². The Balaban J connectivity index is 2.96. The topological polar surface area (TPSA) is 26.3 Å². The number of carbonyl (C=O) groups is 1. The number of carbonyl (C=O) groups excluding carboxylic acids is 1. The van der Waals surface area contributed by atoms with Gasteiger partial charge in [-0.3, -0.25) is 0 Å². The van der Waals surface area contributed by atoms with Gasteiger partial charge in [-0.2, -0.15) is 0 Å². The van der Waals surface area contributed by atoms with Gasteiger partial charge in [-0.1, -0.05) is 39.5 Å². The number of hydrogen-bond acceptors (Lipinski definition) is 2. The lowest BCUT2D eigenvalue weighted by molar-refractivity contribution is 0.170. The van der Waals surface area contributed by atoms with Gasteiger partial charge in [-0.25, -0.2) is 4.79 Å². The Morgan fingerprint density at radius 1 is 1.23 bits per heavy atom. The molecule has 13 heavy (non-hydrogen) atoms. The summed E-state index contributed by atoms with van der Waals surface area (Å²) in [6.07, 6.45) is 5.83. The lowest BCUT2D eigenvalue weighted by atomic mass is 10.0. The van der Waals surface area contributed by atoms with Crippen LogP contribution in [0.1, 0.15) is 46.0 Å². The van der Waals surface area contributed by atoms with Gasteiger partial charge >= 0.3 is 5.43 Å². The van der Waals surface area contributed by atoms with Gasteiger partial charge in [0.25, 0.3) is 0 Å². The molecule has 0 radical (unpaired) electrons. The summed E-state index contributed by atoms with van der Waals surface area (Å²) < 4.78 is 4.60. The van der Waals surface area contributed by atoms with E-state index >= 15 is 0 Å². The van der Waals surface area contributed by atoms with Crippen LogP contribution in [0.4, 0.5) is 4.79 Å². The van der Waals surface area contributed by atoms with E-state index in [4.69, 9.17) is 11.6 Å². The molecule has 0 bridgehead atoms. The maximum Gasteiger partial charge on any atom is 0.403 e. The second kappa shape index (κ2) is 8.36. The zero-order valence-corrected chi connectivity index (χ0v) is 9.27. The summed E-state index contributed by atoms with van der Waals surface area (Å²) in [7, 11) is 0. The molecule has 78 valence electrons. The zero-order chi connectivity index (χ0) is 10.1. The number of hydrogen-bond donors (Lipinski definition) is 0. The maximum absolute atomic E-state index is 10.2. The van der Waals surface area contributed by atoms with Crippen LogP contribution in [0, 0.1) is 5.92 Å². The minimum atomic E-state index is -0.692. The van der Waals surface area contributed by atoms with Crippen molar-refractivity contribution >= 4 is 17.0 Å². The van der Waals surface area contributed by atoms with Crippen molar-refractivity contribution < 1.29 is 9.53 Å². The Hall–Kier alpha value is -0.240. The van der Waals surface area contributed by atoms with Crippen LogP contribution in [0.3, 0.4) is 0 Å². The highest BCUT2D eigenvalue weighted by Gasteiger charge is 1.96. The lowest BCUT2D eigenvalue weighted by Gasteiger charge is -2.03. The number of unbranched alkanes of at least 4 members (excludes halogenated alkanes) is 3. The molecule has 3 heteroatoms. The molecule has 0 unspecified atom stereocenters. The van der Waals surface area contributed by atoms with Crippen molar-refractivity contribution in [1.82, 2.24) is 0 Å². The Kier molecular flexibility index (Phi) is 8.21. The normalized spacial score (nSPS) is 10.5. The molecule has 0 amide bonds. The van der Waals surface area contributed by atoms with Crippen LogP contribution in [-0.2, 0) is 4.74 Å². The van der Waals surface area contributed by atoms with Gasteiger partial charge in [-0.15, -0.1) is 0 Å². The lowest BCUT2D eigenvalue weighted by Crippen LogP contribution is -1.96. The Labute approximate surface area is 85.6 Å². The van der Waals surface area contributed by atoms with E-state index < -0.39 is 5.43 Å². The Morgan fingerprint density at radius 2 is 1.85 bits per heavy atom. The van der Waals surface area contributed by atoms with Crippen molar-refractivity contribution in [2.45, 2.75) is 46.0 Å². The first-order valence-corrected chi connectivity index (χ1v) is 5.33. The first-order valence-electron chi connectivity index (χ1n) is 4.95. The fraction of sp³-hybridized carbons (Fsp3) is 0.900. The second-order valence-electron chi connectivity index (χ2n) is 3.68. The summed E-state index contributed by atoms with van der Waals surface area (Å²) in [5.74, 6) is 0.792. The predicted molar refractivity (Wildman–Crippen MR) is 55.1 cm³/mol. The van der Waals surface area contributed by atoms with Crippen molar-refractivity contribution in [3.8, 4) is 0 Å². The first kappa shape index (κ1) is 12.8. The van der Waals surface area contributed by atoms with E-state index in [2.05, 4.69) is 18.6 Å². The van der Waals surface area contributed by atoms with E-state index in [9.17, 15) is 4.79 Å². The van der Waals surface area contributed by atoms with Crippen molar-refractivity contribution in [3.63, 3.8) is 0 Å². The molecule has 0 saturated heterocycles. The maximum atomic E-state index is 10.2. The molecule has 0 atom stereocenters. The molecule has 0 aliphatic carbocycles. The molecule has 0 heterocycles. The van der Waals surface area contributed by atoms with Gasteiger partial charge in [0.1, 0.15) is 0 Å². The van der Waals surface area contributed by atoms with Crippen LogP contribution in [-0.4, -0.2) is 12.0 Å². The van der Waals surface area contributed by atoms with Crippen LogP contribution in [0.5, 0.6) is 0 Å². The van der Waals surface area contributed by atoms with E-state index in [1.165, 1.54) is 19.3 Å². The molecule has 0 aliphatic rings. The molecular weight excluding hydrogens is 188 g/mol. The summed E-state index contributed by atoms with van der Waals surface area (Å²) in [4.78, 5) is 10.2. The van der Waals surface area contributed by atoms with Gasteiger partial charge in [0.15, 0.2) is 0 Å². The Bertz CT molecular complexity index is 135. The van der Waals surface area contributed by atoms with E-state index in [0.717, 1.165) is 18.8 Å². The third-order valence-corrected chi connectivity index (χ3v) is 2.00.